The van der Waals surface area contributed by atoms with Crippen molar-refractivity contribution in [2.45, 2.75) is 43.3 Å². The predicted molar refractivity (Wildman–Crippen MR) is 189 cm³/mol. The molecule has 6 rings (SSSR count). The van der Waals surface area contributed by atoms with Crippen LogP contribution in [0.2, 0.25) is 0 Å². The van der Waals surface area contributed by atoms with Gasteiger partial charge < -0.3 is 20.9 Å². The van der Waals surface area contributed by atoms with Gasteiger partial charge in [0.15, 0.2) is 0 Å². The summed E-state index contributed by atoms with van der Waals surface area (Å²) in [5.74, 6) is -0.525. The van der Waals surface area contributed by atoms with Crippen molar-refractivity contribution in [1.29, 1.82) is 5.26 Å². The molecular formula is C37H33N5O3S2. The molecule has 3 amide bonds. The number of carbonyl (C=O) groups excluding carboxylic acids is 3. The molecular weight excluding hydrogens is 627 g/mol. The molecule has 1 aliphatic rings. The Morgan fingerprint density at radius 1 is 1.04 bits per heavy atom. The normalized spacial score (nSPS) is 14.9. The Balaban J connectivity index is 1.17. The van der Waals surface area contributed by atoms with E-state index in [-0.39, 0.29) is 11.6 Å². The number of benzene rings is 3. The number of thiophene rings is 1. The zero-order chi connectivity index (χ0) is 32.9. The van der Waals surface area contributed by atoms with E-state index in [1.54, 1.807) is 54.7 Å². The highest BCUT2D eigenvalue weighted by Gasteiger charge is 2.26. The molecule has 0 saturated carbocycles. The molecule has 1 aliphatic carbocycles. The molecule has 0 saturated heterocycles. The van der Waals surface area contributed by atoms with Gasteiger partial charge in [-0.1, -0.05) is 49.4 Å². The van der Waals surface area contributed by atoms with E-state index in [1.807, 2.05) is 43.3 Å². The first kappa shape index (κ1) is 31.9. The van der Waals surface area contributed by atoms with Crippen molar-refractivity contribution in [3.63, 3.8) is 0 Å². The number of hydrogen-bond acceptors (Lipinski definition) is 6. The Hall–Kier alpha value is -5.11. The van der Waals surface area contributed by atoms with Gasteiger partial charge in [0, 0.05) is 43.7 Å². The summed E-state index contributed by atoms with van der Waals surface area (Å²) in [4.78, 5) is 45.1. The summed E-state index contributed by atoms with van der Waals surface area (Å²) in [5.41, 5.74) is 4.34. The fraction of sp³-hybridized carbons (Fsp3) is 0.189. The smallest absolute Gasteiger partial charge is 0.272 e. The fourth-order valence-corrected chi connectivity index (χ4v) is 7.88. The summed E-state index contributed by atoms with van der Waals surface area (Å²) in [5, 5.41) is 19.6. The van der Waals surface area contributed by atoms with Gasteiger partial charge in [-0.25, -0.2) is 0 Å². The molecule has 8 nitrogen and oxygen atoms in total. The van der Waals surface area contributed by atoms with Crippen LogP contribution in [0.3, 0.4) is 0 Å². The SMILES string of the molecule is CC1CCc2c(sc(NC(=O)C(C)Sc3cccc(NC(=O)/C(=C/c4c[nH]c5ccccc45)NC(=O)c4ccccc4)c3)c2C#N)C1. The third kappa shape index (κ3) is 7.32. The van der Waals surface area contributed by atoms with Crippen molar-refractivity contribution in [2.75, 3.05) is 10.6 Å². The molecule has 0 aliphatic heterocycles. The quantitative estimate of drug-likeness (QED) is 0.0951. The lowest BCUT2D eigenvalue weighted by molar-refractivity contribution is -0.115. The molecule has 47 heavy (non-hydrogen) atoms. The van der Waals surface area contributed by atoms with Crippen molar-refractivity contribution in [2.24, 2.45) is 5.92 Å². The van der Waals surface area contributed by atoms with Crippen molar-refractivity contribution in [1.82, 2.24) is 10.3 Å². The van der Waals surface area contributed by atoms with Crippen LogP contribution >= 0.6 is 23.1 Å². The van der Waals surface area contributed by atoms with Gasteiger partial charge >= 0.3 is 0 Å². The Bertz CT molecular complexity index is 2040. The lowest BCUT2D eigenvalue weighted by Crippen LogP contribution is -2.30. The van der Waals surface area contributed by atoms with Crippen molar-refractivity contribution < 1.29 is 14.4 Å². The number of nitrogens with one attached hydrogen (secondary N) is 4. The van der Waals surface area contributed by atoms with Crippen LogP contribution < -0.4 is 16.0 Å². The third-order valence-corrected chi connectivity index (χ3v) is 10.3. The van der Waals surface area contributed by atoms with E-state index < -0.39 is 17.1 Å². The number of H-pyrrole nitrogens is 1. The third-order valence-electron chi connectivity index (χ3n) is 8.08. The van der Waals surface area contributed by atoms with Crippen molar-refractivity contribution in [3.05, 3.63) is 118 Å². The first-order valence-electron chi connectivity index (χ1n) is 15.4. The minimum atomic E-state index is -0.493. The second-order valence-electron chi connectivity index (χ2n) is 11.6. The summed E-state index contributed by atoms with van der Waals surface area (Å²) in [6, 6.07) is 26.0. The number of nitrogens with zero attached hydrogens (tertiary/aromatic N) is 1. The molecule has 2 heterocycles. The topological polar surface area (TPSA) is 127 Å². The maximum Gasteiger partial charge on any atom is 0.272 e. The largest absolute Gasteiger partial charge is 0.361 e. The zero-order valence-electron chi connectivity index (χ0n) is 25.9. The monoisotopic (exact) mass is 659 g/mol. The fourth-order valence-electron chi connectivity index (χ4n) is 5.59. The second kappa shape index (κ2) is 14.1. The van der Waals surface area contributed by atoms with E-state index in [1.165, 1.54) is 28.0 Å². The highest BCUT2D eigenvalue weighted by Crippen LogP contribution is 2.39. The lowest BCUT2D eigenvalue weighted by atomic mass is 9.89. The molecule has 0 bridgehead atoms. The van der Waals surface area contributed by atoms with E-state index in [0.717, 1.165) is 46.2 Å². The summed E-state index contributed by atoms with van der Waals surface area (Å²) in [6.07, 6.45) is 6.29. The van der Waals surface area contributed by atoms with Gasteiger partial charge in [0.1, 0.15) is 16.8 Å². The molecule has 3 aromatic carbocycles. The Morgan fingerprint density at radius 3 is 2.64 bits per heavy atom. The molecule has 2 unspecified atom stereocenters. The molecule has 2 atom stereocenters. The average Bonchev–Trinajstić information content (AvgIpc) is 3.64. The number of fused-ring (bicyclic) bond motifs is 2. The van der Waals surface area contributed by atoms with E-state index in [0.29, 0.717) is 27.7 Å². The summed E-state index contributed by atoms with van der Waals surface area (Å²) in [6.45, 7) is 4.03. The number of carbonyl (C=O) groups is 3. The minimum absolute atomic E-state index is 0.0794. The van der Waals surface area contributed by atoms with Gasteiger partial charge in [-0.05, 0) is 80.1 Å². The van der Waals surface area contributed by atoms with E-state index in [9.17, 15) is 19.6 Å². The van der Waals surface area contributed by atoms with Crippen LogP contribution in [-0.4, -0.2) is 28.0 Å². The first-order chi connectivity index (χ1) is 22.8. The van der Waals surface area contributed by atoms with Crippen molar-refractivity contribution >= 4 is 68.5 Å². The van der Waals surface area contributed by atoms with Gasteiger partial charge in [-0.3, -0.25) is 14.4 Å². The number of anilines is 2. The maximum absolute atomic E-state index is 13.7. The summed E-state index contributed by atoms with van der Waals surface area (Å²) < 4.78 is 0. The molecule has 0 spiro atoms. The predicted octanol–water partition coefficient (Wildman–Crippen LogP) is 7.75. The molecule has 0 radical (unpaired) electrons. The van der Waals surface area contributed by atoms with Crippen LogP contribution in [0.15, 0.2) is 95.7 Å². The van der Waals surface area contributed by atoms with Gasteiger partial charge in [-0.15, -0.1) is 23.1 Å². The van der Waals surface area contributed by atoms with Crippen molar-refractivity contribution in [3.8, 4) is 6.07 Å². The summed E-state index contributed by atoms with van der Waals surface area (Å²) in [7, 11) is 0. The van der Waals surface area contributed by atoms with Gasteiger partial charge in [-0.2, -0.15) is 5.26 Å². The van der Waals surface area contributed by atoms with Gasteiger partial charge in [0.25, 0.3) is 11.8 Å². The highest BCUT2D eigenvalue weighted by molar-refractivity contribution is 8.00. The van der Waals surface area contributed by atoms with E-state index in [2.05, 4.69) is 33.9 Å². The second-order valence-corrected chi connectivity index (χ2v) is 14.1. The molecule has 2 aromatic heterocycles. The zero-order valence-corrected chi connectivity index (χ0v) is 27.6. The molecule has 0 fully saturated rings. The molecule has 5 aromatic rings. The highest BCUT2D eigenvalue weighted by atomic mass is 32.2. The van der Waals surface area contributed by atoms with E-state index in [4.69, 9.17) is 0 Å². The van der Waals surface area contributed by atoms with Gasteiger partial charge in [0.05, 0.1) is 10.8 Å². The molecule has 236 valence electrons. The summed E-state index contributed by atoms with van der Waals surface area (Å²) >= 11 is 2.86. The van der Waals surface area contributed by atoms with Crippen LogP contribution in [0, 0.1) is 17.2 Å². The number of para-hydroxylation sites is 1. The van der Waals surface area contributed by atoms with Crippen LogP contribution in [0.4, 0.5) is 10.7 Å². The van der Waals surface area contributed by atoms with Crippen LogP contribution in [0.5, 0.6) is 0 Å². The standard InChI is InChI=1S/C37H33N5O3S2/c1-22-15-16-29-30(20-38)37(47-33(29)17-22)42-34(43)23(2)46-27-12-8-11-26(19-27)40-36(45)32(41-35(44)24-9-4-3-5-10-24)18-25-21-39-31-14-7-6-13-28(25)31/h3-14,18-19,21-23,39H,15-17H2,1-2H3,(H,40,45)(H,41,44)(H,42,43)/b32-18-. The number of hydrogen-bond donors (Lipinski definition) is 4. The Morgan fingerprint density at radius 2 is 1.83 bits per heavy atom. The number of aromatic nitrogens is 1. The average molecular weight is 660 g/mol. The first-order valence-corrected chi connectivity index (χ1v) is 17.1. The Labute approximate surface area is 281 Å². The number of amides is 3. The van der Waals surface area contributed by atoms with E-state index >= 15 is 0 Å². The maximum atomic E-state index is 13.7. The lowest BCUT2D eigenvalue weighted by Gasteiger charge is -2.17. The molecule has 4 N–H and O–H groups in total. The Kier molecular flexibility index (Phi) is 9.57. The van der Waals surface area contributed by atoms with Crippen LogP contribution in [0.25, 0.3) is 17.0 Å². The number of aromatic amines is 1. The minimum Gasteiger partial charge on any atom is -0.361 e. The number of rotatable bonds is 9. The number of thioether (sulfide) groups is 1. The van der Waals surface area contributed by atoms with Crippen LogP contribution in [-0.2, 0) is 22.4 Å². The van der Waals surface area contributed by atoms with Crippen LogP contribution in [0.1, 0.15) is 52.2 Å². The van der Waals surface area contributed by atoms with Gasteiger partial charge in [0.2, 0.25) is 5.91 Å². The number of nitriles is 1. The molecule has 10 heteroatoms.